The van der Waals surface area contributed by atoms with Gasteiger partial charge in [0.05, 0.1) is 6.10 Å². The van der Waals surface area contributed by atoms with E-state index in [0.717, 1.165) is 0 Å². The third-order valence-corrected chi connectivity index (χ3v) is 2.89. The van der Waals surface area contributed by atoms with E-state index in [1.807, 2.05) is 27.7 Å². The molecule has 1 rings (SSSR count). The monoisotopic (exact) mass is 315 g/mol. The molecular formula is C13H22ClN5O2. The van der Waals surface area contributed by atoms with Crippen LogP contribution in [0.1, 0.15) is 34.6 Å². The molecule has 7 nitrogen and oxygen atoms in total. The van der Waals surface area contributed by atoms with E-state index in [4.69, 9.17) is 16.3 Å². The van der Waals surface area contributed by atoms with E-state index < -0.39 is 6.04 Å². The summed E-state index contributed by atoms with van der Waals surface area (Å²) in [7, 11) is 0. The van der Waals surface area contributed by atoms with E-state index in [1.165, 1.54) is 0 Å². The summed E-state index contributed by atoms with van der Waals surface area (Å²) in [4.78, 5) is 25.8. The number of anilines is 1. The molecule has 21 heavy (non-hydrogen) atoms. The van der Waals surface area contributed by atoms with E-state index >= 15 is 0 Å². The van der Waals surface area contributed by atoms with Gasteiger partial charge in [-0.15, -0.1) is 0 Å². The summed E-state index contributed by atoms with van der Waals surface area (Å²) in [5, 5.41) is 2.95. The number of aromatic nitrogens is 3. The molecule has 0 saturated heterocycles. The number of halogens is 1. The maximum Gasteiger partial charge on any atom is 0.322 e. The Morgan fingerprint density at radius 1 is 1.24 bits per heavy atom. The van der Waals surface area contributed by atoms with Crippen LogP contribution in [-0.4, -0.2) is 51.0 Å². The van der Waals surface area contributed by atoms with Gasteiger partial charge in [0.25, 0.3) is 0 Å². The lowest BCUT2D eigenvalue weighted by molar-refractivity contribution is -0.131. The van der Waals surface area contributed by atoms with Crippen molar-refractivity contribution in [3.63, 3.8) is 0 Å². The molecule has 0 bridgehead atoms. The fraction of sp³-hybridized carbons (Fsp3) is 0.692. The van der Waals surface area contributed by atoms with E-state index in [2.05, 4.69) is 20.3 Å². The molecule has 0 spiro atoms. The largest absolute Gasteiger partial charge is 0.461 e. The highest BCUT2D eigenvalue weighted by Crippen LogP contribution is 2.13. The topological polar surface area (TPSA) is 80.2 Å². The first-order valence-electron chi connectivity index (χ1n) is 7.00. The fourth-order valence-corrected chi connectivity index (χ4v) is 1.88. The maximum atomic E-state index is 12.2. The van der Waals surface area contributed by atoms with Crippen molar-refractivity contribution >= 4 is 23.5 Å². The highest BCUT2D eigenvalue weighted by atomic mass is 35.5. The third kappa shape index (κ3) is 5.34. The number of ether oxygens (including phenoxy) is 1. The molecular weight excluding hydrogens is 294 g/mol. The number of carbonyl (C=O) groups excluding carboxylic acids is 1. The first-order chi connectivity index (χ1) is 9.87. The van der Waals surface area contributed by atoms with E-state index in [9.17, 15) is 4.79 Å². The van der Waals surface area contributed by atoms with Crippen molar-refractivity contribution < 1.29 is 9.53 Å². The maximum absolute atomic E-state index is 12.2. The molecule has 0 radical (unpaired) electrons. The third-order valence-electron chi connectivity index (χ3n) is 2.72. The van der Waals surface area contributed by atoms with Crippen molar-refractivity contribution in [2.45, 2.75) is 46.8 Å². The van der Waals surface area contributed by atoms with Crippen LogP contribution in [0, 0.1) is 0 Å². The van der Waals surface area contributed by atoms with Gasteiger partial charge in [-0.25, -0.2) is 0 Å². The zero-order valence-corrected chi connectivity index (χ0v) is 13.8. The summed E-state index contributed by atoms with van der Waals surface area (Å²) in [6.07, 6.45) is -0.0777. The van der Waals surface area contributed by atoms with Crippen molar-refractivity contribution in [3.8, 4) is 6.01 Å². The standard InChI is InChI=1S/C13H22ClN5O2/c1-6-19(7-2)10(20)9(5)15-12-16-11(14)17-13(18-12)21-8(3)4/h8-9H,6-7H2,1-5H3,(H,15,16,17,18). The van der Waals surface area contributed by atoms with Gasteiger partial charge in [-0.3, -0.25) is 4.79 Å². The van der Waals surface area contributed by atoms with E-state index in [-0.39, 0.29) is 29.3 Å². The number of likely N-dealkylation sites (N-methyl/N-ethyl adjacent to an activating group) is 1. The second-order valence-electron chi connectivity index (χ2n) is 4.75. The number of rotatable bonds is 7. The molecule has 8 heteroatoms. The van der Waals surface area contributed by atoms with Gasteiger partial charge in [0.1, 0.15) is 6.04 Å². The predicted molar refractivity (Wildman–Crippen MR) is 81.6 cm³/mol. The Hall–Kier alpha value is -1.63. The second kappa shape index (κ2) is 7.97. The highest BCUT2D eigenvalue weighted by molar-refractivity contribution is 6.28. The number of carbonyl (C=O) groups is 1. The zero-order chi connectivity index (χ0) is 16.0. The fourth-order valence-electron chi connectivity index (χ4n) is 1.72. The lowest BCUT2D eigenvalue weighted by Gasteiger charge is -2.23. The summed E-state index contributed by atoms with van der Waals surface area (Å²) in [6.45, 7) is 10.6. The van der Waals surface area contributed by atoms with Crippen LogP contribution in [0.3, 0.4) is 0 Å². The van der Waals surface area contributed by atoms with Crippen LogP contribution < -0.4 is 10.1 Å². The van der Waals surface area contributed by atoms with Crippen LogP contribution in [-0.2, 0) is 4.79 Å². The molecule has 0 saturated carbocycles. The molecule has 1 N–H and O–H groups in total. The molecule has 118 valence electrons. The van der Waals surface area contributed by atoms with Gasteiger partial charge in [-0.2, -0.15) is 15.0 Å². The van der Waals surface area contributed by atoms with Crippen LogP contribution in [0.5, 0.6) is 6.01 Å². The lowest BCUT2D eigenvalue weighted by atomic mass is 10.3. The van der Waals surface area contributed by atoms with E-state index in [1.54, 1.807) is 11.8 Å². The van der Waals surface area contributed by atoms with Gasteiger partial charge in [-0.1, -0.05) is 0 Å². The van der Waals surface area contributed by atoms with Gasteiger partial charge in [0, 0.05) is 13.1 Å². The molecule has 1 heterocycles. The van der Waals surface area contributed by atoms with Crippen molar-refractivity contribution in [2.75, 3.05) is 18.4 Å². The molecule has 0 aliphatic rings. The molecule has 0 aromatic carbocycles. The Morgan fingerprint density at radius 3 is 2.38 bits per heavy atom. The Balaban J connectivity index is 2.82. The van der Waals surface area contributed by atoms with Gasteiger partial charge in [0.15, 0.2) is 0 Å². The number of hydrogen-bond acceptors (Lipinski definition) is 6. The van der Waals surface area contributed by atoms with Gasteiger partial charge in [0.2, 0.25) is 17.1 Å². The number of hydrogen-bond donors (Lipinski definition) is 1. The number of nitrogens with one attached hydrogen (secondary N) is 1. The molecule has 1 atom stereocenters. The number of nitrogens with zero attached hydrogens (tertiary/aromatic N) is 4. The summed E-state index contributed by atoms with van der Waals surface area (Å²) < 4.78 is 5.39. The van der Waals surface area contributed by atoms with Crippen molar-refractivity contribution in [1.82, 2.24) is 19.9 Å². The van der Waals surface area contributed by atoms with Crippen LogP contribution in [0.4, 0.5) is 5.95 Å². The SMILES string of the molecule is CCN(CC)C(=O)C(C)Nc1nc(Cl)nc(OC(C)C)n1. The summed E-state index contributed by atoms with van der Waals surface area (Å²) in [6, 6.07) is -0.328. The van der Waals surface area contributed by atoms with Crippen LogP contribution >= 0.6 is 11.6 Å². The Kier molecular flexibility index (Phi) is 6.61. The first-order valence-corrected chi connectivity index (χ1v) is 7.38. The molecule has 0 aliphatic heterocycles. The first kappa shape index (κ1) is 17.4. The molecule has 1 amide bonds. The highest BCUT2D eigenvalue weighted by Gasteiger charge is 2.19. The minimum absolute atomic E-state index is 0.0191. The molecule has 1 aromatic heterocycles. The zero-order valence-electron chi connectivity index (χ0n) is 13.1. The summed E-state index contributed by atoms with van der Waals surface area (Å²) in [5.74, 6) is 0.196. The predicted octanol–water partition coefficient (Wildman–Crippen LogP) is 1.98. The second-order valence-corrected chi connectivity index (χ2v) is 5.09. The van der Waals surface area contributed by atoms with Gasteiger partial charge >= 0.3 is 6.01 Å². The smallest absolute Gasteiger partial charge is 0.322 e. The lowest BCUT2D eigenvalue weighted by Crippen LogP contribution is -2.41. The van der Waals surface area contributed by atoms with Gasteiger partial charge < -0.3 is 15.0 Å². The molecule has 0 aliphatic carbocycles. The minimum atomic E-state index is -0.463. The average molecular weight is 316 g/mol. The van der Waals surface area contributed by atoms with Crippen LogP contribution in [0.2, 0.25) is 5.28 Å². The van der Waals surface area contributed by atoms with E-state index in [0.29, 0.717) is 13.1 Å². The minimum Gasteiger partial charge on any atom is -0.461 e. The quantitative estimate of drug-likeness (QED) is 0.828. The summed E-state index contributed by atoms with van der Waals surface area (Å²) in [5.41, 5.74) is 0. The normalized spacial score (nSPS) is 12.1. The Labute approximate surface area is 130 Å². The van der Waals surface area contributed by atoms with Crippen molar-refractivity contribution in [2.24, 2.45) is 0 Å². The average Bonchev–Trinajstić information content (AvgIpc) is 2.38. The number of amides is 1. The van der Waals surface area contributed by atoms with Gasteiger partial charge in [-0.05, 0) is 46.2 Å². The molecule has 0 fully saturated rings. The van der Waals surface area contributed by atoms with Crippen LogP contribution in [0.15, 0.2) is 0 Å². The Bertz CT molecular complexity index is 480. The van der Waals surface area contributed by atoms with Crippen molar-refractivity contribution in [3.05, 3.63) is 5.28 Å². The Morgan fingerprint density at radius 2 is 1.86 bits per heavy atom. The molecule has 1 aromatic rings. The van der Waals surface area contributed by atoms with Crippen molar-refractivity contribution in [1.29, 1.82) is 0 Å². The molecule has 1 unspecified atom stereocenters. The van der Waals surface area contributed by atoms with Crippen LogP contribution in [0.25, 0.3) is 0 Å². The summed E-state index contributed by atoms with van der Waals surface area (Å²) >= 11 is 5.84.